The molecule has 14 heavy (non-hydrogen) atoms. The minimum Gasteiger partial charge on any atom is -0.384 e. The van der Waals surface area contributed by atoms with Crippen LogP contribution in [0.1, 0.15) is 6.92 Å². The molecule has 0 aliphatic carbocycles. The predicted molar refractivity (Wildman–Crippen MR) is 61.8 cm³/mol. The van der Waals surface area contributed by atoms with Crippen molar-refractivity contribution < 1.29 is 14.2 Å². The van der Waals surface area contributed by atoms with Gasteiger partial charge in [-0.05, 0) is 0 Å². The van der Waals surface area contributed by atoms with Crippen LogP contribution in [0.3, 0.4) is 0 Å². The van der Waals surface area contributed by atoms with E-state index in [9.17, 15) is 0 Å². The van der Waals surface area contributed by atoms with Gasteiger partial charge in [0.25, 0.3) is 0 Å². The largest absolute Gasteiger partial charge is 0.384 e. The van der Waals surface area contributed by atoms with Gasteiger partial charge in [-0.1, -0.05) is 6.92 Å². The zero-order valence-corrected chi connectivity index (χ0v) is 10.2. The molecule has 1 heterocycles. The Morgan fingerprint density at radius 1 is 1.57 bits per heavy atom. The molecular formula is C9H19BO3S. The van der Waals surface area contributed by atoms with Crippen molar-refractivity contribution in [2.45, 2.75) is 29.5 Å². The lowest BCUT2D eigenvalue weighted by Crippen LogP contribution is -2.31. The molecule has 0 aromatic rings. The molecule has 5 heteroatoms. The highest BCUT2D eigenvalue weighted by Gasteiger charge is 2.35. The first-order chi connectivity index (χ1) is 6.69. The minimum absolute atomic E-state index is 0.231. The maximum atomic E-state index is 5.56. The average molecular weight is 218 g/mol. The van der Waals surface area contributed by atoms with E-state index >= 15 is 0 Å². The Morgan fingerprint density at radius 3 is 2.86 bits per heavy atom. The van der Waals surface area contributed by atoms with E-state index in [4.69, 9.17) is 14.2 Å². The summed E-state index contributed by atoms with van der Waals surface area (Å²) in [5.41, 5.74) is 0. The van der Waals surface area contributed by atoms with E-state index < -0.39 is 0 Å². The maximum Gasteiger partial charge on any atom is 0.140 e. The Bertz CT molecular complexity index is 170. The second kappa shape index (κ2) is 6.00. The van der Waals surface area contributed by atoms with Gasteiger partial charge in [0.1, 0.15) is 7.85 Å². The Labute approximate surface area is 91.3 Å². The van der Waals surface area contributed by atoms with Crippen LogP contribution in [0.4, 0.5) is 0 Å². The molecule has 0 aromatic carbocycles. The van der Waals surface area contributed by atoms with E-state index in [0.717, 1.165) is 13.2 Å². The monoisotopic (exact) mass is 218 g/mol. The third kappa shape index (κ3) is 3.16. The number of hydrogen-bond acceptors (Lipinski definition) is 4. The van der Waals surface area contributed by atoms with Crippen molar-refractivity contribution in [2.75, 3.05) is 27.4 Å². The van der Waals surface area contributed by atoms with Crippen LogP contribution in [0.2, 0.25) is 0 Å². The normalized spacial score (nSPS) is 34.6. The lowest BCUT2D eigenvalue weighted by Gasteiger charge is -2.22. The summed E-state index contributed by atoms with van der Waals surface area (Å²) in [7, 11) is 5.59. The standard InChI is InChI=1S/C9H19BO3S/c1-6(4-11-2)14-8-7(12-3)5-13-9(8)10/h6-9H,4-5,10H2,1-3H3/t6?,7?,8?,9-/m1/s1. The highest BCUT2D eigenvalue weighted by molar-refractivity contribution is 8.00. The lowest BCUT2D eigenvalue weighted by atomic mass is 9.96. The molecule has 0 spiro atoms. The molecular weight excluding hydrogens is 199 g/mol. The molecule has 3 unspecified atom stereocenters. The number of thioether (sulfide) groups is 1. The number of rotatable bonds is 5. The molecule has 1 saturated heterocycles. The molecule has 0 aromatic heterocycles. The summed E-state index contributed by atoms with van der Waals surface area (Å²) in [5, 5.41) is 0.928. The summed E-state index contributed by atoms with van der Waals surface area (Å²) in [5.74, 6) is 0. The maximum absolute atomic E-state index is 5.56. The van der Waals surface area contributed by atoms with Crippen LogP contribution in [-0.2, 0) is 14.2 Å². The molecule has 1 aliphatic rings. The van der Waals surface area contributed by atoms with Crippen molar-refractivity contribution in [1.82, 2.24) is 0 Å². The molecule has 0 radical (unpaired) electrons. The Hall–Kier alpha value is 0.295. The fraction of sp³-hybridized carbons (Fsp3) is 1.00. The Balaban J connectivity index is 2.40. The third-order valence-electron chi connectivity index (χ3n) is 2.45. The van der Waals surface area contributed by atoms with E-state index in [1.54, 1.807) is 14.2 Å². The number of ether oxygens (including phenoxy) is 3. The average Bonchev–Trinajstić information content (AvgIpc) is 2.48. The van der Waals surface area contributed by atoms with Crippen LogP contribution < -0.4 is 0 Å². The first-order valence-electron chi connectivity index (χ1n) is 4.97. The van der Waals surface area contributed by atoms with Crippen LogP contribution >= 0.6 is 11.8 Å². The summed E-state index contributed by atoms with van der Waals surface area (Å²) in [4.78, 5) is 0. The van der Waals surface area contributed by atoms with Gasteiger partial charge < -0.3 is 14.2 Å². The van der Waals surface area contributed by atoms with Crippen LogP contribution in [-0.4, -0.2) is 57.9 Å². The first-order valence-corrected chi connectivity index (χ1v) is 5.92. The summed E-state index contributed by atoms with van der Waals surface area (Å²) < 4.78 is 16.1. The number of hydrogen-bond donors (Lipinski definition) is 0. The van der Waals surface area contributed by atoms with Gasteiger partial charge in [-0.3, -0.25) is 0 Å². The smallest absolute Gasteiger partial charge is 0.140 e. The molecule has 1 aliphatic heterocycles. The van der Waals surface area contributed by atoms with E-state index in [-0.39, 0.29) is 12.1 Å². The molecule has 0 amide bonds. The van der Waals surface area contributed by atoms with E-state index in [1.807, 2.05) is 11.8 Å². The molecule has 4 atom stereocenters. The number of methoxy groups -OCH3 is 2. The SMILES string of the molecule is B[C@@H]1OCC(OC)C1SC(C)COC. The van der Waals surface area contributed by atoms with Gasteiger partial charge in [0.05, 0.1) is 24.6 Å². The molecule has 0 bridgehead atoms. The highest BCUT2D eigenvalue weighted by atomic mass is 32.2. The van der Waals surface area contributed by atoms with Gasteiger partial charge in [0.2, 0.25) is 0 Å². The van der Waals surface area contributed by atoms with Crippen molar-refractivity contribution in [3.05, 3.63) is 0 Å². The van der Waals surface area contributed by atoms with E-state index in [1.165, 1.54) is 0 Å². The molecule has 0 N–H and O–H groups in total. The van der Waals surface area contributed by atoms with Crippen molar-refractivity contribution >= 4 is 19.6 Å². The first kappa shape index (κ1) is 12.4. The predicted octanol–water partition coefficient (Wildman–Crippen LogP) is 0.127. The summed E-state index contributed by atoms with van der Waals surface area (Å²) in [6.45, 7) is 3.67. The minimum atomic E-state index is 0.231. The fourth-order valence-electron chi connectivity index (χ4n) is 1.68. The zero-order valence-electron chi connectivity index (χ0n) is 9.36. The Morgan fingerprint density at radius 2 is 2.29 bits per heavy atom. The lowest BCUT2D eigenvalue weighted by molar-refractivity contribution is 0.0797. The third-order valence-corrected chi connectivity index (χ3v) is 4.05. The summed E-state index contributed by atoms with van der Waals surface area (Å²) in [6, 6.07) is 0.282. The van der Waals surface area contributed by atoms with Crippen LogP contribution in [0.15, 0.2) is 0 Å². The van der Waals surface area contributed by atoms with Gasteiger partial charge in [0.15, 0.2) is 0 Å². The van der Waals surface area contributed by atoms with Crippen LogP contribution in [0.5, 0.6) is 0 Å². The molecule has 3 nitrogen and oxygen atoms in total. The van der Waals surface area contributed by atoms with Gasteiger partial charge >= 0.3 is 0 Å². The van der Waals surface area contributed by atoms with E-state index in [0.29, 0.717) is 10.5 Å². The quantitative estimate of drug-likeness (QED) is 0.613. The van der Waals surface area contributed by atoms with Crippen molar-refractivity contribution in [3.8, 4) is 0 Å². The Kier molecular flexibility index (Phi) is 5.30. The van der Waals surface area contributed by atoms with Gasteiger partial charge in [0, 0.05) is 25.5 Å². The van der Waals surface area contributed by atoms with Crippen LogP contribution in [0.25, 0.3) is 0 Å². The van der Waals surface area contributed by atoms with Gasteiger partial charge in [-0.2, -0.15) is 0 Å². The second-order valence-electron chi connectivity index (χ2n) is 3.68. The van der Waals surface area contributed by atoms with Crippen molar-refractivity contribution in [3.63, 3.8) is 0 Å². The molecule has 1 rings (SSSR count). The molecule has 1 fully saturated rings. The highest BCUT2D eigenvalue weighted by Crippen LogP contribution is 2.30. The van der Waals surface area contributed by atoms with Gasteiger partial charge in [-0.15, -0.1) is 11.8 Å². The van der Waals surface area contributed by atoms with Crippen molar-refractivity contribution in [1.29, 1.82) is 0 Å². The summed E-state index contributed by atoms with van der Waals surface area (Å²) in [6.07, 6.45) is 0.231. The van der Waals surface area contributed by atoms with Gasteiger partial charge in [-0.25, -0.2) is 0 Å². The molecule has 0 saturated carbocycles. The molecule has 82 valence electrons. The zero-order chi connectivity index (χ0) is 10.6. The fourth-order valence-corrected chi connectivity index (χ4v) is 3.10. The van der Waals surface area contributed by atoms with Crippen LogP contribution in [0, 0.1) is 0 Å². The summed E-state index contributed by atoms with van der Waals surface area (Å²) >= 11 is 1.90. The van der Waals surface area contributed by atoms with E-state index in [2.05, 4.69) is 14.8 Å². The second-order valence-corrected chi connectivity index (χ2v) is 5.30. The van der Waals surface area contributed by atoms with Crippen molar-refractivity contribution in [2.24, 2.45) is 0 Å². The topological polar surface area (TPSA) is 27.7 Å².